The summed E-state index contributed by atoms with van der Waals surface area (Å²) >= 11 is 1.74. The van der Waals surface area contributed by atoms with Crippen LogP contribution in [0.15, 0.2) is 36.4 Å². The van der Waals surface area contributed by atoms with Crippen molar-refractivity contribution in [1.82, 2.24) is 0 Å². The first-order valence-electron chi connectivity index (χ1n) is 13.5. The summed E-state index contributed by atoms with van der Waals surface area (Å²) in [5, 5.41) is 5.31. The van der Waals surface area contributed by atoms with Crippen molar-refractivity contribution in [1.29, 1.82) is 0 Å². The Hall–Kier alpha value is -0.626. The predicted octanol–water partition coefficient (Wildman–Crippen LogP) is 4.19. The zero-order valence-electron chi connectivity index (χ0n) is 27.0. The molecule has 0 unspecified atom stereocenters. The van der Waals surface area contributed by atoms with Crippen molar-refractivity contribution >= 4 is 43.6 Å². The van der Waals surface area contributed by atoms with Crippen LogP contribution in [-0.4, -0.2) is 22.1 Å². The van der Waals surface area contributed by atoms with Crippen molar-refractivity contribution in [3.05, 3.63) is 69.8 Å². The number of hydrogen-bond donors (Lipinski definition) is 0. The minimum atomic E-state index is -1.55. The zero-order valence-corrected chi connectivity index (χ0v) is 34.0. The summed E-state index contributed by atoms with van der Waals surface area (Å²) < 4.78 is 12.4. The summed E-state index contributed by atoms with van der Waals surface area (Å²) in [6.07, 6.45) is 0. The molecular weight excluding hydrogens is 663 g/mol. The quantitative estimate of drug-likeness (QED) is 0.234. The van der Waals surface area contributed by atoms with Gasteiger partial charge in [0.2, 0.25) is 16.6 Å². The van der Waals surface area contributed by atoms with E-state index in [4.69, 9.17) is 8.85 Å². The number of halogens is 2. The van der Waals surface area contributed by atoms with Gasteiger partial charge in [-0.2, -0.15) is 11.1 Å². The molecule has 4 aromatic rings. The molecular formula is C32H48Cl2O2Si3Zr-2. The summed E-state index contributed by atoms with van der Waals surface area (Å²) in [6.45, 7) is 31.0. The summed E-state index contributed by atoms with van der Waals surface area (Å²) in [5.74, 6) is 2.13. The Kier molecular flexibility index (Phi) is 15.5. The largest absolute Gasteiger partial charge is 1.00 e. The van der Waals surface area contributed by atoms with Crippen LogP contribution in [0.1, 0.15) is 33.4 Å². The summed E-state index contributed by atoms with van der Waals surface area (Å²) in [6, 6.07) is 13.1. The van der Waals surface area contributed by atoms with E-state index in [1.807, 2.05) is 0 Å². The van der Waals surface area contributed by atoms with Gasteiger partial charge < -0.3 is 33.7 Å². The van der Waals surface area contributed by atoms with E-state index in [2.05, 4.69) is 130 Å². The molecule has 0 N–H and O–H groups in total. The molecule has 40 heavy (non-hydrogen) atoms. The number of benzene rings is 2. The molecule has 0 aliphatic rings. The van der Waals surface area contributed by atoms with E-state index in [-0.39, 0.29) is 30.2 Å². The molecule has 0 spiro atoms. The second-order valence-electron chi connectivity index (χ2n) is 12.7. The van der Waals surface area contributed by atoms with E-state index < -0.39 is 16.6 Å². The second kappa shape index (κ2) is 15.7. The van der Waals surface area contributed by atoms with Crippen LogP contribution < -0.4 is 33.7 Å². The standard InChI is InChI=1S/2C15H21OSi.C2H6Si.2ClH.Zr/c2*1-10-7-8-14(16-17(4,5)6)15-12(3)11(2)9-13(10)15;1-3-2;;;/h2*7-9H,1-6H3;1-2H3;2*1H;/q2*-1;;;;+2/p-2. The third-order valence-electron chi connectivity index (χ3n) is 6.34. The normalized spacial score (nSPS) is 11.0. The Morgan fingerprint density at radius 1 is 0.600 bits per heavy atom. The van der Waals surface area contributed by atoms with Crippen LogP contribution >= 0.6 is 0 Å². The average molecular weight is 711 g/mol. The van der Waals surface area contributed by atoms with Crippen molar-refractivity contribution in [2.75, 3.05) is 0 Å². The van der Waals surface area contributed by atoms with Crippen LogP contribution in [0.5, 0.6) is 11.5 Å². The van der Waals surface area contributed by atoms with E-state index in [1.165, 1.54) is 54.9 Å². The fraction of sp³-hybridized carbons (Fsp3) is 0.438. The van der Waals surface area contributed by atoms with Crippen LogP contribution in [0.4, 0.5) is 0 Å². The Labute approximate surface area is 273 Å². The first-order valence-corrected chi connectivity index (χ1v) is 26.5. The van der Waals surface area contributed by atoms with E-state index >= 15 is 0 Å². The minimum absolute atomic E-state index is 0. The number of rotatable bonds is 4. The molecule has 0 atom stereocenters. The molecule has 0 radical (unpaired) electrons. The van der Waals surface area contributed by atoms with Gasteiger partial charge in [0.05, 0.1) is 11.5 Å². The van der Waals surface area contributed by atoms with Gasteiger partial charge in [-0.1, -0.05) is 64.4 Å². The average Bonchev–Trinajstić information content (AvgIpc) is 3.22. The summed E-state index contributed by atoms with van der Waals surface area (Å²) in [7, 11) is -3.09. The van der Waals surface area contributed by atoms with Crippen molar-refractivity contribution in [2.24, 2.45) is 0 Å². The van der Waals surface area contributed by atoms with Gasteiger partial charge in [0.15, 0.2) is 0 Å². The Balaban J connectivity index is 0.000000643. The van der Waals surface area contributed by atoms with Crippen LogP contribution in [0.2, 0.25) is 52.4 Å². The molecule has 8 heteroatoms. The van der Waals surface area contributed by atoms with Crippen LogP contribution in [-0.2, 0) is 23.3 Å². The number of fused-ring (bicyclic) bond motifs is 2. The van der Waals surface area contributed by atoms with Gasteiger partial charge in [-0.25, -0.2) is 0 Å². The molecule has 4 aromatic carbocycles. The van der Waals surface area contributed by atoms with Crippen molar-refractivity contribution < 1.29 is 57.0 Å². The fourth-order valence-electron chi connectivity index (χ4n) is 4.43. The molecule has 0 aliphatic carbocycles. The molecule has 0 aromatic heterocycles. The first kappa shape index (κ1) is 39.4. The zero-order chi connectivity index (χ0) is 29.2. The molecule has 220 valence electrons. The molecule has 0 saturated heterocycles. The van der Waals surface area contributed by atoms with Gasteiger partial charge in [-0.15, -0.1) is 45.2 Å². The third kappa shape index (κ3) is 10.9. The Bertz CT molecular complexity index is 1330. The van der Waals surface area contributed by atoms with Gasteiger partial charge in [0.1, 0.15) is 0 Å². The van der Waals surface area contributed by atoms with Crippen molar-refractivity contribution in [3.63, 3.8) is 0 Å². The molecule has 2 nitrogen and oxygen atoms in total. The minimum Gasteiger partial charge on any atom is -1.00 e. The molecule has 0 fully saturated rings. The van der Waals surface area contributed by atoms with Crippen LogP contribution in [0, 0.1) is 41.5 Å². The predicted molar refractivity (Wildman–Crippen MR) is 173 cm³/mol. The van der Waals surface area contributed by atoms with E-state index in [9.17, 15) is 0 Å². The molecule has 0 bridgehead atoms. The van der Waals surface area contributed by atoms with Gasteiger partial charge in [-0.05, 0) is 51.4 Å². The Morgan fingerprint density at radius 2 is 0.875 bits per heavy atom. The Morgan fingerprint density at radius 3 is 1.12 bits per heavy atom. The maximum absolute atomic E-state index is 6.20. The van der Waals surface area contributed by atoms with Crippen LogP contribution in [0.3, 0.4) is 0 Å². The van der Waals surface area contributed by atoms with Gasteiger partial charge in [-0.3, -0.25) is 0 Å². The van der Waals surface area contributed by atoms with Crippen molar-refractivity contribution in [3.8, 4) is 11.5 Å². The molecule has 4 rings (SSSR count). The number of aryl methyl sites for hydroxylation is 6. The van der Waals surface area contributed by atoms with Gasteiger partial charge in [0, 0.05) is 0 Å². The second-order valence-corrected chi connectivity index (χ2v) is 30.9. The smallest absolute Gasteiger partial charge is 0.241 e. The monoisotopic (exact) mass is 708 g/mol. The molecule has 0 aliphatic heterocycles. The summed E-state index contributed by atoms with van der Waals surface area (Å²) in [5.41, 5.74) is 8.30. The van der Waals surface area contributed by atoms with Gasteiger partial charge in [0.25, 0.3) is 0 Å². The van der Waals surface area contributed by atoms with E-state index in [1.54, 1.807) is 23.3 Å². The van der Waals surface area contributed by atoms with Crippen LogP contribution in [0.25, 0.3) is 21.5 Å². The van der Waals surface area contributed by atoms with E-state index in [0.29, 0.717) is 0 Å². The maximum Gasteiger partial charge on any atom is 0.241 e. The first-order chi connectivity index (χ1) is 17.3. The SMILES string of the molecule is C[Si](C)=[Zr+2].Cc1[cH-]c2c(C)ccc(O[Si](C)(C)C)c2c1C.Cc1[cH-]c2c(C)ccc(O[Si](C)(C)C)c2c1C.[Cl-].[Cl-]. The van der Waals surface area contributed by atoms with Gasteiger partial charge >= 0.3 is 41.9 Å². The fourth-order valence-corrected chi connectivity index (χ4v) is 6.09. The summed E-state index contributed by atoms with van der Waals surface area (Å²) in [4.78, 5) is 0. The maximum atomic E-state index is 6.20. The van der Waals surface area contributed by atoms with Crippen molar-refractivity contribution in [2.45, 2.75) is 93.9 Å². The van der Waals surface area contributed by atoms with E-state index in [0.717, 1.165) is 11.5 Å². The molecule has 0 heterocycles. The topological polar surface area (TPSA) is 18.5 Å². The molecule has 0 amide bonds. The number of hydrogen-bond acceptors (Lipinski definition) is 2. The third-order valence-corrected chi connectivity index (χ3v) is 8.00. The molecule has 0 saturated carbocycles.